The molecule has 2 aromatic rings. The molecule has 2 amide bonds. The minimum absolute atomic E-state index is 0.00235. The SMILES string of the molecule is CCN1CCN(C(CNC(=O)C(=O)NCCCc2ccccc2)c2cccnc2)CC1. The number of carbonyl (C=O) groups excluding carboxylic acids is 2. The van der Waals surface area contributed by atoms with Crippen molar-refractivity contribution in [2.45, 2.75) is 25.8 Å². The fourth-order valence-electron chi connectivity index (χ4n) is 3.91. The Balaban J connectivity index is 1.47. The van der Waals surface area contributed by atoms with Crippen LogP contribution in [-0.2, 0) is 16.0 Å². The molecule has 166 valence electrons. The smallest absolute Gasteiger partial charge is 0.309 e. The van der Waals surface area contributed by atoms with Gasteiger partial charge in [0.25, 0.3) is 0 Å². The average Bonchev–Trinajstić information content (AvgIpc) is 2.83. The zero-order valence-corrected chi connectivity index (χ0v) is 18.3. The molecule has 1 aliphatic heterocycles. The Bertz CT molecular complexity index is 807. The second-order valence-corrected chi connectivity index (χ2v) is 7.83. The summed E-state index contributed by atoms with van der Waals surface area (Å²) in [6.45, 7) is 7.94. The first-order chi connectivity index (χ1) is 15.2. The van der Waals surface area contributed by atoms with E-state index < -0.39 is 11.8 Å². The molecule has 0 radical (unpaired) electrons. The molecule has 1 aliphatic rings. The van der Waals surface area contributed by atoms with Gasteiger partial charge < -0.3 is 15.5 Å². The van der Waals surface area contributed by atoms with Crippen molar-refractivity contribution in [2.75, 3.05) is 45.8 Å². The van der Waals surface area contributed by atoms with Gasteiger partial charge in [-0.3, -0.25) is 19.5 Å². The Morgan fingerprint density at radius 3 is 2.42 bits per heavy atom. The quantitative estimate of drug-likeness (QED) is 0.474. The Hall–Kier alpha value is -2.77. The van der Waals surface area contributed by atoms with Crippen molar-refractivity contribution in [1.82, 2.24) is 25.4 Å². The molecular formula is C24H33N5O2. The molecule has 0 spiro atoms. The minimum atomic E-state index is -0.583. The molecule has 7 heteroatoms. The van der Waals surface area contributed by atoms with Gasteiger partial charge in [-0.05, 0) is 36.6 Å². The van der Waals surface area contributed by atoms with E-state index in [9.17, 15) is 9.59 Å². The van der Waals surface area contributed by atoms with Crippen LogP contribution in [0.15, 0.2) is 54.9 Å². The summed E-state index contributed by atoms with van der Waals surface area (Å²) < 4.78 is 0. The van der Waals surface area contributed by atoms with E-state index >= 15 is 0 Å². The molecule has 31 heavy (non-hydrogen) atoms. The van der Waals surface area contributed by atoms with E-state index in [1.165, 1.54) is 5.56 Å². The molecular weight excluding hydrogens is 390 g/mol. The number of aryl methyl sites for hydroxylation is 1. The lowest BCUT2D eigenvalue weighted by Gasteiger charge is -2.39. The highest BCUT2D eigenvalue weighted by molar-refractivity contribution is 6.35. The number of aromatic nitrogens is 1. The molecule has 3 rings (SSSR count). The summed E-state index contributed by atoms with van der Waals surface area (Å²) in [5.41, 5.74) is 2.28. The molecule has 1 fully saturated rings. The molecule has 1 aromatic heterocycles. The normalized spacial score (nSPS) is 15.9. The molecule has 2 N–H and O–H groups in total. The molecule has 1 aromatic carbocycles. The highest BCUT2D eigenvalue weighted by atomic mass is 16.2. The standard InChI is InChI=1S/C24H33N5O2/c1-2-28-14-16-29(17-15-28)22(21-11-7-12-25-18-21)19-27-24(31)23(30)26-13-6-10-20-8-4-3-5-9-20/h3-5,7-9,11-12,18,22H,2,6,10,13-17,19H2,1H3,(H,26,30)(H,27,31). The molecule has 2 heterocycles. The fraction of sp³-hybridized carbons (Fsp3) is 0.458. The first kappa shape index (κ1) is 22.9. The summed E-state index contributed by atoms with van der Waals surface area (Å²) in [5, 5.41) is 5.55. The Morgan fingerprint density at radius 2 is 1.74 bits per heavy atom. The van der Waals surface area contributed by atoms with Gasteiger partial charge in [0.1, 0.15) is 0 Å². The Morgan fingerprint density at radius 1 is 1.00 bits per heavy atom. The van der Waals surface area contributed by atoms with Gasteiger partial charge in [0.05, 0.1) is 6.04 Å². The van der Waals surface area contributed by atoms with Gasteiger partial charge in [0, 0.05) is 51.7 Å². The minimum Gasteiger partial charge on any atom is -0.348 e. The zero-order valence-electron chi connectivity index (χ0n) is 18.3. The van der Waals surface area contributed by atoms with Crippen LogP contribution in [0.1, 0.15) is 30.5 Å². The first-order valence-corrected chi connectivity index (χ1v) is 11.1. The maximum Gasteiger partial charge on any atom is 0.309 e. The van der Waals surface area contributed by atoms with Crippen molar-refractivity contribution in [2.24, 2.45) is 0 Å². The lowest BCUT2D eigenvalue weighted by Crippen LogP contribution is -2.50. The van der Waals surface area contributed by atoms with Crippen LogP contribution in [-0.4, -0.2) is 72.4 Å². The number of likely N-dealkylation sites (N-methyl/N-ethyl adjacent to an activating group) is 1. The molecule has 1 atom stereocenters. The fourth-order valence-corrected chi connectivity index (χ4v) is 3.91. The third kappa shape index (κ3) is 7.15. The molecule has 7 nitrogen and oxygen atoms in total. The van der Waals surface area contributed by atoms with E-state index in [1.54, 1.807) is 6.20 Å². The number of piperazine rings is 1. The number of nitrogens with zero attached hydrogens (tertiary/aromatic N) is 3. The molecule has 1 unspecified atom stereocenters. The monoisotopic (exact) mass is 423 g/mol. The third-order valence-corrected chi connectivity index (χ3v) is 5.80. The Labute approximate surface area is 184 Å². The number of carbonyl (C=O) groups is 2. The van der Waals surface area contributed by atoms with Crippen LogP contribution in [0, 0.1) is 0 Å². The van der Waals surface area contributed by atoms with Gasteiger partial charge in [-0.1, -0.05) is 43.3 Å². The van der Waals surface area contributed by atoms with Crippen molar-refractivity contribution in [3.05, 3.63) is 66.0 Å². The van der Waals surface area contributed by atoms with E-state index in [1.807, 2.05) is 36.5 Å². The summed E-state index contributed by atoms with van der Waals surface area (Å²) in [4.78, 5) is 33.6. The van der Waals surface area contributed by atoms with Crippen molar-refractivity contribution in [3.8, 4) is 0 Å². The number of hydrogen-bond donors (Lipinski definition) is 2. The lowest BCUT2D eigenvalue weighted by atomic mass is 10.1. The average molecular weight is 424 g/mol. The third-order valence-electron chi connectivity index (χ3n) is 5.80. The largest absolute Gasteiger partial charge is 0.348 e. The van der Waals surface area contributed by atoms with Gasteiger partial charge >= 0.3 is 11.8 Å². The number of pyridine rings is 1. The van der Waals surface area contributed by atoms with Crippen molar-refractivity contribution < 1.29 is 9.59 Å². The predicted molar refractivity (Wildman–Crippen MR) is 121 cm³/mol. The van der Waals surface area contributed by atoms with Gasteiger partial charge in [-0.2, -0.15) is 0 Å². The van der Waals surface area contributed by atoms with Crippen LogP contribution in [0.5, 0.6) is 0 Å². The van der Waals surface area contributed by atoms with E-state index in [-0.39, 0.29) is 6.04 Å². The summed E-state index contributed by atoms with van der Waals surface area (Å²) in [6, 6.07) is 14.1. The summed E-state index contributed by atoms with van der Waals surface area (Å²) >= 11 is 0. The van der Waals surface area contributed by atoms with Gasteiger partial charge in [-0.15, -0.1) is 0 Å². The van der Waals surface area contributed by atoms with E-state index in [4.69, 9.17) is 0 Å². The molecule has 0 saturated carbocycles. The van der Waals surface area contributed by atoms with Crippen LogP contribution in [0.4, 0.5) is 0 Å². The number of hydrogen-bond acceptors (Lipinski definition) is 5. The van der Waals surface area contributed by atoms with Crippen LogP contribution in [0.3, 0.4) is 0 Å². The highest BCUT2D eigenvalue weighted by Gasteiger charge is 2.26. The van der Waals surface area contributed by atoms with E-state index in [2.05, 4.69) is 44.5 Å². The van der Waals surface area contributed by atoms with Crippen LogP contribution in [0.25, 0.3) is 0 Å². The van der Waals surface area contributed by atoms with Gasteiger partial charge in [0.2, 0.25) is 0 Å². The zero-order chi connectivity index (χ0) is 21.9. The Kier molecular flexibility index (Phi) is 8.99. The van der Waals surface area contributed by atoms with Crippen LogP contribution in [0.2, 0.25) is 0 Å². The summed E-state index contributed by atoms with van der Waals surface area (Å²) in [7, 11) is 0. The second-order valence-electron chi connectivity index (χ2n) is 7.83. The van der Waals surface area contributed by atoms with Crippen LogP contribution >= 0.6 is 0 Å². The maximum atomic E-state index is 12.4. The topological polar surface area (TPSA) is 77.6 Å². The maximum absolute atomic E-state index is 12.4. The first-order valence-electron chi connectivity index (χ1n) is 11.1. The molecule has 1 saturated heterocycles. The lowest BCUT2D eigenvalue weighted by molar-refractivity contribution is -0.139. The van der Waals surface area contributed by atoms with E-state index in [0.717, 1.165) is 51.1 Å². The van der Waals surface area contributed by atoms with Crippen molar-refractivity contribution in [3.63, 3.8) is 0 Å². The summed E-state index contributed by atoms with van der Waals surface area (Å²) in [6.07, 6.45) is 5.25. The molecule has 0 aliphatic carbocycles. The van der Waals surface area contributed by atoms with Crippen LogP contribution < -0.4 is 10.6 Å². The summed E-state index contributed by atoms with van der Waals surface area (Å²) in [5.74, 6) is -1.16. The molecule has 0 bridgehead atoms. The number of amides is 2. The van der Waals surface area contributed by atoms with Crippen molar-refractivity contribution in [1.29, 1.82) is 0 Å². The second kappa shape index (κ2) is 12.2. The predicted octanol–water partition coefficient (Wildman–Crippen LogP) is 1.63. The number of benzene rings is 1. The van der Waals surface area contributed by atoms with E-state index in [0.29, 0.717) is 13.1 Å². The highest BCUT2D eigenvalue weighted by Crippen LogP contribution is 2.21. The number of nitrogens with one attached hydrogen (secondary N) is 2. The van der Waals surface area contributed by atoms with Gasteiger partial charge in [0.15, 0.2) is 0 Å². The van der Waals surface area contributed by atoms with Gasteiger partial charge in [-0.25, -0.2) is 0 Å². The van der Waals surface area contributed by atoms with Crippen molar-refractivity contribution >= 4 is 11.8 Å². The number of rotatable bonds is 9.